The van der Waals surface area contributed by atoms with Crippen LogP contribution in [0.2, 0.25) is 0 Å². The van der Waals surface area contributed by atoms with E-state index in [9.17, 15) is 0 Å². The van der Waals surface area contributed by atoms with Crippen LogP contribution in [-0.2, 0) is 6.54 Å². The average Bonchev–Trinajstić information content (AvgIpc) is 3.15. The maximum absolute atomic E-state index is 4.68. The summed E-state index contributed by atoms with van der Waals surface area (Å²) >= 11 is 0. The largest absolute Gasteiger partial charge is 0.373 e. The Bertz CT molecular complexity index is 556. The van der Waals surface area contributed by atoms with Crippen LogP contribution in [0.4, 0.5) is 5.82 Å². The van der Waals surface area contributed by atoms with Gasteiger partial charge in [0.1, 0.15) is 11.5 Å². The van der Waals surface area contributed by atoms with Gasteiger partial charge in [0.25, 0.3) is 0 Å². The van der Waals surface area contributed by atoms with E-state index in [2.05, 4.69) is 31.8 Å². The van der Waals surface area contributed by atoms with E-state index in [0.29, 0.717) is 5.92 Å². The Morgan fingerprint density at radius 3 is 2.89 bits per heavy atom. The van der Waals surface area contributed by atoms with Crippen LogP contribution in [0, 0.1) is 0 Å². The zero-order valence-electron chi connectivity index (χ0n) is 10.7. The Balaban J connectivity index is 2.07. The zero-order valence-corrected chi connectivity index (χ0v) is 10.7. The Morgan fingerprint density at radius 1 is 1.39 bits per heavy atom. The Labute approximate surface area is 106 Å². The van der Waals surface area contributed by atoms with Crippen molar-refractivity contribution in [2.75, 3.05) is 12.4 Å². The van der Waals surface area contributed by atoms with Crippen molar-refractivity contribution in [1.29, 1.82) is 0 Å². The molecule has 0 saturated heterocycles. The topological polar surface area (TPSA) is 55.6 Å². The molecular formula is C13H17N5. The van der Waals surface area contributed by atoms with Gasteiger partial charge < -0.3 is 9.88 Å². The van der Waals surface area contributed by atoms with Crippen molar-refractivity contribution in [2.24, 2.45) is 0 Å². The van der Waals surface area contributed by atoms with Gasteiger partial charge in [0.15, 0.2) is 5.82 Å². The third kappa shape index (κ3) is 1.96. The highest BCUT2D eigenvalue weighted by atomic mass is 15.1. The van der Waals surface area contributed by atoms with E-state index in [1.165, 1.54) is 12.8 Å². The van der Waals surface area contributed by atoms with Crippen LogP contribution in [0.5, 0.6) is 0 Å². The molecule has 94 valence electrons. The minimum Gasteiger partial charge on any atom is -0.373 e. The molecule has 18 heavy (non-hydrogen) atoms. The molecule has 0 aliphatic heterocycles. The van der Waals surface area contributed by atoms with Gasteiger partial charge >= 0.3 is 0 Å². The summed E-state index contributed by atoms with van der Waals surface area (Å²) in [5.74, 6) is 2.27. The molecule has 2 heterocycles. The summed E-state index contributed by atoms with van der Waals surface area (Å²) in [6, 6.07) is 2.05. The fraction of sp³-hybridized carbons (Fsp3) is 0.462. The Morgan fingerprint density at radius 2 is 2.22 bits per heavy atom. The number of nitrogens with one attached hydrogen (secondary N) is 1. The summed E-state index contributed by atoms with van der Waals surface area (Å²) < 4.78 is 2.06. The van der Waals surface area contributed by atoms with Gasteiger partial charge in [-0.25, -0.2) is 15.0 Å². The molecule has 0 radical (unpaired) electrons. The van der Waals surface area contributed by atoms with Crippen LogP contribution in [0.1, 0.15) is 31.4 Å². The van der Waals surface area contributed by atoms with E-state index in [1.807, 2.05) is 25.6 Å². The molecule has 2 aromatic rings. The monoisotopic (exact) mass is 243 g/mol. The number of rotatable bonds is 4. The molecule has 1 saturated carbocycles. The number of hydrogen-bond donors (Lipinski definition) is 1. The first kappa shape index (κ1) is 11.2. The molecule has 0 atom stereocenters. The van der Waals surface area contributed by atoms with E-state index < -0.39 is 0 Å². The molecule has 0 spiro atoms. The van der Waals surface area contributed by atoms with Gasteiger partial charge in [0.2, 0.25) is 0 Å². The lowest BCUT2D eigenvalue weighted by atomic mass is 10.2. The van der Waals surface area contributed by atoms with Crippen LogP contribution < -0.4 is 5.32 Å². The van der Waals surface area contributed by atoms with E-state index in [0.717, 1.165) is 29.6 Å². The predicted octanol–water partition coefficient (Wildman–Crippen LogP) is 2.28. The second-order valence-corrected chi connectivity index (χ2v) is 4.59. The van der Waals surface area contributed by atoms with Crippen LogP contribution in [0.3, 0.4) is 0 Å². The summed E-state index contributed by atoms with van der Waals surface area (Å²) in [6.45, 7) is 2.97. The number of nitrogens with zero attached hydrogens (tertiary/aromatic N) is 4. The molecule has 0 unspecified atom stereocenters. The van der Waals surface area contributed by atoms with Crippen molar-refractivity contribution in [3.05, 3.63) is 24.3 Å². The van der Waals surface area contributed by atoms with Crippen molar-refractivity contribution in [2.45, 2.75) is 32.2 Å². The maximum Gasteiger partial charge on any atom is 0.180 e. The molecule has 0 amide bonds. The van der Waals surface area contributed by atoms with Crippen LogP contribution in [0.25, 0.3) is 11.5 Å². The SMILES string of the molecule is CCn1cncc1-c1nc(NC)cc(C2CC2)n1. The molecule has 1 N–H and O–H groups in total. The van der Waals surface area contributed by atoms with Crippen LogP contribution >= 0.6 is 0 Å². The summed E-state index contributed by atoms with van der Waals surface area (Å²) in [6.07, 6.45) is 6.13. The summed E-state index contributed by atoms with van der Waals surface area (Å²) in [4.78, 5) is 13.4. The van der Waals surface area contributed by atoms with Crippen molar-refractivity contribution >= 4 is 5.82 Å². The van der Waals surface area contributed by atoms with Crippen LogP contribution in [-0.4, -0.2) is 26.6 Å². The van der Waals surface area contributed by atoms with Crippen molar-refractivity contribution < 1.29 is 0 Å². The number of anilines is 1. The highest BCUT2D eigenvalue weighted by Gasteiger charge is 2.26. The fourth-order valence-electron chi connectivity index (χ4n) is 2.06. The maximum atomic E-state index is 4.68. The molecule has 5 nitrogen and oxygen atoms in total. The molecule has 5 heteroatoms. The number of aromatic nitrogens is 4. The van der Waals surface area contributed by atoms with E-state index in [4.69, 9.17) is 0 Å². The Hall–Kier alpha value is -1.91. The molecular weight excluding hydrogens is 226 g/mol. The predicted molar refractivity (Wildman–Crippen MR) is 70.4 cm³/mol. The molecule has 3 rings (SSSR count). The smallest absolute Gasteiger partial charge is 0.180 e. The lowest BCUT2D eigenvalue weighted by Crippen LogP contribution is -2.03. The molecule has 2 aromatic heterocycles. The lowest BCUT2D eigenvalue weighted by Gasteiger charge is -2.08. The Kier molecular flexibility index (Phi) is 2.74. The summed E-state index contributed by atoms with van der Waals surface area (Å²) in [5, 5.41) is 3.11. The second-order valence-electron chi connectivity index (χ2n) is 4.59. The normalized spacial score (nSPS) is 14.8. The van der Waals surface area contributed by atoms with E-state index in [-0.39, 0.29) is 0 Å². The minimum atomic E-state index is 0.622. The molecule has 1 fully saturated rings. The van der Waals surface area contributed by atoms with E-state index in [1.54, 1.807) is 0 Å². The molecule has 0 bridgehead atoms. The highest BCUT2D eigenvalue weighted by molar-refractivity contribution is 5.53. The van der Waals surface area contributed by atoms with Gasteiger partial charge in [-0.2, -0.15) is 0 Å². The first-order valence-corrected chi connectivity index (χ1v) is 6.39. The first-order valence-electron chi connectivity index (χ1n) is 6.39. The summed E-state index contributed by atoms with van der Waals surface area (Å²) in [5.41, 5.74) is 2.13. The van der Waals surface area contributed by atoms with Gasteiger partial charge in [0.05, 0.1) is 12.5 Å². The zero-order chi connectivity index (χ0) is 12.5. The van der Waals surface area contributed by atoms with Gasteiger partial charge in [-0.1, -0.05) is 0 Å². The van der Waals surface area contributed by atoms with Crippen LogP contribution in [0.15, 0.2) is 18.6 Å². The van der Waals surface area contributed by atoms with Crippen molar-refractivity contribution in [1.82, 2.24) is 19.5 Å². The van der Waals surface area contributed by atoms with Gasteiger partial charge in [-0.15, -0.1) is 0 Å². The van der Waals surface area contributed by atoms with Gasteiger partial charge in [-0.3, -0.25) is 0 Å². The van der Waals surface area contributed by atoms with Crippen molar-refractivity contribution in [3.63, 3.8) is 0 Å². The molecule has 1 aliphatic rings. The average molecular weight is 243 g/mol. The number of imidazole rings is 1. The standard InChI is InChI=1S/C13H17N5/c1-3-18-8-15-7-11(18)13-16-10(9-4-5-9)6-12(14-2)17-13/h6-9H,3-5H2,1-2H3,(H,14,16,17). The third-order valence-electron chi connectivity index (χ3n) is 3.28. The number of hydrogen-bond acceptors (Lipinski definition) is 4. The number of aryl methyl sites for hydroxylation is 1. The van der Waals surface area contributed by atoms with Gasteiger partial charge in [-0.05, 0) is 19.8 Å². The summed E-state index contributed by atoms with van der Waals surface area (Å²) in [7, 11) is 1.89. The second kappa shape index (κ2) is 4.40. The quantitative estimate of drug-likeness (QED) is 0.895. The molecule has 0 aromatic carbocycles. The fourth-order valence-corrected chi connectivity index (χ4v) is 2.06. The lowest BCUT2D eigenvalue weighted by molar-refractivity contribution is 0.762. The van der Waals surface area contributed by atoms with Crippen molar-refractivity contribution in [3.8, 4) is 11.5 Å². The minimum absolute atomic E-state index is 0.622. The molecule has 1 aliphatic carbocycles. The third-order valence-corrected chi connectivity index (χ3v) is 3.28. The first-order chi connectivity index (χ1) is 8.81. The highest BCUT2D eigenvalue weighted by Crippen LogP contribution is 2.40. The van der Waals surface area contributed by atoms with Gasteiger partial charge in [0, 0.05) is 31.3 Å². The van der Waals surface area contributed by atoms with E-state index >= 15 is 0 Å².